The monoisotopic (exact) mass is 455 g/mol. The van der Waals surface area contributed by atoms with E-state index in [-0.39, 0.29) is 10.6 Å². The Morgan fingerprint density at radius 3 is 2.32 bits per heavy atom. The van der Waals surface area contributed by atoms with Crippen LogP contribution in [-0.2, 0) is 0 Å². The number of anilines is 3. The van der Waals surface area contributed by atoms with Crippen molar-refractivity contribution in [2.45, 2.75) is 16.7 Å². The van der Waals surface area contributed by atoms with E-state index < -0.39 is 0 Å². The van der Waals surface area contributed by atoms with Gasteiger partial charge in [0.25, 0.3) is 5.69 Å². The van der Waals surface area contributed by atoms with Crippen molar-refractivity contribution in [2.24, 2.45) is 5.73 Å². The lowest BCUT2D eigenvalue weighted by atomic mass is 10.2. The van der Waals surface area contributed by atoms with Gasteiger partial charge in [0.1, 0.15) is 5.69 Å². The second kappa shape index (κ2) is 11.5. The SMILES string of the molecule is CCN(CCN)c1ccc(NSc2ccc(NSc3ccccc3)c([N+](=O)[O-])c2)cc1. The van der Waals surface area contributed by atoms with Crippen LogP contribution >= 0.6 is 23.9 Å². The number of nitro benzene ring substituents is 1. The van der Waals surface area contributed by atoms with E-state index in [9.17, 15) is 10.1 Å². The predicted molar refractivity (Wildman–Crippen MR) is 132 cm³/mol. The second-order valence-electron chi connectivity index (χ2n) is 6.57. The van der Waals surface area contributed by atoms with Crippen LogP contribution in [0.3, 0.4) is 0 Å². The molecule has 4 N–H and O–H groups in total. The maximum Gasteiger partial charge on any atom is 0.294 e. The molecule has 0 unspecified atom stereocenters. The number of nitrogens with zero attached hydrogens (tertiary/aromatic N) is 2. The van der Waals surface area contributed by atoms with Crippen LogP contribution < -0.4 is 20.1 Å². The molecule has 3 aromatic rings. The van der Waals surface area contributed by atoms with Crippen molar-refractivity contribution in [3.8, 4) is 0 Å². The third-order valence-corrected chi connectivity index (χ3v) is 6.15. The largest absolute Gasteiger partial charge is 0.371 e. The van der Waals surface area contributed by atoms with E-state index >= 15 is 0 Å². The van der Waals surface area contributed by atoms with Crippen LogP contribution in [0, 0.1) is 10.1 Å². The third kappa shape index (κ3) is 6.55. The molecule has 0 bridgehead atoms. The number of nitrogens with two attached hydrogens (primary N) is 1. The summed E-state index contributed by atoms with van der Waals surface area (Å²) in [5.41, 5.74) is 8.20. The van der Waals surface area contributed by atoms with Crippen molar-refractivity contribution >= 4 is 46.6 Å². The molecule has 0 amide bonds. The Morgan fingerprint density at radius 1 is 0.968 bits per heavy atom. The molecule has 0 atom stereocenters. The molecular formula is C22H25N5O2S2. The number of nitrogens with one attached hydrogen (secondary N) is 2. The lowest BCUT2D eigenvalue weighted by Crippen LogP contribution is -2.28. The summed E-state index contributed by atoms with van der Waals surface area (Å²) >= 11 is 2.68. The van der Waals surface area contributed by atoms with Crippen molar-refractivity contribution in [3.63, 3.8) is 0 Å². The van der Waals surface area contributed by atoms with Crippen LogP contribution in [0.2, 0.25) is 0 Å². The average Bonchev–Trinajstić information content (AvgIpc) is 2.81. The van der Waals surface area contributed by atoms with Gasteiger partial charge in [-0.3, -0.25) is 10.1 Å². The number of hydrogen-bond acceptors (Lipinski definition) is 8. The van der Waals surface area contributed by atoms with Crippen LogP contribution in [0.1, 0.15) is 6.92 Å². The average molecular weight is 456 g/mol. The summed E-state index contributed by atoms with van der Waals surface area (Å²) in [5, 5.41) is 11.6. The zero-order valence-electron chi connectivity index (χ0n) is 17.2. The Kier molecular flexibility index (Phi) is 8.45. The molecule has 0 aliphatic heterocycles. The normalized spacial score (nSPS) is 10.5. The summed E-state index contributed by atoms with van der Waals surface area (Å²) in [6.07, 6.45) is 0. The highest BCUT2D eigenvalue weighted by Crippen LogP contribution is 2.33. The second-order valence-corrected chi connectivity index (χ2v) is 8.33. The minimum absolute atomic E-state index is 0.0333. The quantitative estimate of drug-likeness (QED) is 0.195. The van der Waals surface area contributed by atoms with Crippen LogP contribution in [0.5, 0.6) is 0 Å². The van der Waals surface area contributed by atoms with Crippen LogP contribution in [-0.4, -0.2) is 24.6 Å². The van der Waals surface area contributed by atoms with Gasteiger partial charge in [0.2, 0.25) is 0 Å². The molecule has 3 aromatic carbocycles. The molecule has 31 heavy (non-hydrogen) atoms. The van der Waals surface area contributed by atoms with Gasteiger partial charge in [-0.2, -0.15) is 0 Å². The minimum atomic E-state index is -0.372. The van der Waals surface area contributed by atoms with E-state index in [1.54, 1.807) is 12.1 Å². The van der Waals surface area contributed by atoms with Crippen LogP contribution in [0.4, 0.5) is 22.7 Å². The van der Waals surface area contributed by atoms with E-state index in [4.69, 9.17) is 5.73 Å². The number of benzene rings is 3. The lowest BCUT2D eigenvalue weighted by molar-refractivity contribution is -0.384. The van der Waals surface area contributed by atoms with Crippen molar-refractivity contribution in [3.05, 3.63) is 82.9 Å². The minimum Gasteiger partial charge on any atom is -0.371 e. The fourth-order valence-electron chi connectivity index (χ4n) is 2.90. The molecule has 0 aliphatic carbocycles. The van der Waals surface area contributed by atoms with Gasteiger partial charge in [-0.15, -0.1) is 0 Å². The lowest BCUT2D eigenvalue weighted by Gasteiger charge is -2.22. The summed E-state index contributed by atoms with van der Waals surface area (Å²) < 4.78 is 6.32. The molecule has 0 radical (unpaired) electrons. The van der Waals surface area contributed by atoms with Crippen molar-refractivity contribution < 1.29 is 4.92 Å². The number of nitro groups is 1. The molecular weight excluding hydrogens is 430 g/mol. The molecule has 0 aliphatic rings. The fraction of sp³-hybridized carbons (Fsp3) is 0.182. The smallest absolute Gasteiger partial charge is 0.294 e. The Labute approximate surface area is 190 Å². The maximum absolute atomic E-state index is 11.6. The van der Waals surface area contributed by atoms with E-state index in [1.807, 2.05) is 60.7 Å². The van der Waals surface area contributed by atoms with Gasteiger partial charge in [0.15, 0.2) is 0 Å². The molecule has 0 heterocycles. The topological polar surface area (TPSA) is 96.5 Å². The fourth-order valence-corrected chi connectivity index (χ4v) is 4.27. The van der Waals surface area contributed by atoms with Gasteiger partial charge in [-0.25, -0.2) is 0 Å². The number of rotatable bonds is 11. The van der Waals surface area contributed by atoms with Gasteiger partial charge in [-0.05, 0) is 79.4 Å². The highest BCUT2D eigenvalue weighted by atomic mass is 32.2. The van der Waals surface area contributed by atoms with Gasteiger partial charge in [-0.1, -0.05) is 18.2 Å². The molecule has 3 rings (SSSR count). The summed E-state index contributed by atoms with van der Waals surface area (Å²) in [6, 6.07) is 22.9. The Morgan fingerprint density at radius 2 is 1.68 bits per heavy atom. The summed E-state index contributed by atoms with van der Waals surface area (Å²) in [5.74, 6) is 0. The van der Waals surface area contributed by atoms with E-state index in [0.29, 0.717) is 12.2 Å². The summed E-state index contributed by atoms with van der Waals surface area (Å²) in [7, 11) is 0. The highest BCUT2D eigenvalue weighted by Gasteiger charge is 2.15. The first kappa shape index (κ1) is 22.8. The first-order chi connectivity index (χ1) is 15.1. The molecule has 0 aromatic heterocycles. The van der Waals surface area contributed by atoms with Crippen molar-refractivity contribution in [2.75, 3.05) is 34.0 Å². The molecule has 162 valence electrons. The summed E-state index contributed by atoms with van der Waals surface area (Å²) in [6.45, 7) is 4.41. The Hall–Kier alpha value is -2.88. The Bertz CT molecular complexity index is 987. The number of likely N-dealkylation sites (N-methyl/N-ethyl adjacent to an activating group) is 1. The molecule has 0 fully saturated rings. The standard InChI is InChI=1S/C22H25N5O2S2/c1-2-26(15-14-23)18-10-8-17(9-11-18)24-31-20-12-13-21(22(16-20)27(28)29)25-30-19-6-4-3-5-7-19/h3-13,16,24-25H,2,14-15,23H2,1H3. The van der Waals surface area contributed by atoms with Crippen LogP contribution in [0.25, 0.3) is 0 Å². The zero-order chi connectivity index (χ0) is 22.1. The van der Waals surface area contributed by atoms with Crippen molar-refractivity contribution in [1.29, 1.82) is 0 Å². The highest BCUT2D eigenvalue weighted by molar-refractivity contribution is 8.00. The zero-order valence-corrected chi connectivity index (χ0v) is 18.8. The molecule has 0 saturated carbocycles. The predicted octanol–water partition coefficient (Wildman–Crippen LogP) is 5.62. The first-order valence-corrected chi connectivity index (χ1v) is 11.5. The van der Waals surface area contributed by atoms with Gasteiger partial charge < -0.3 is 20.1 Å². The van der Waals surface area contributed by atoms with E-state index in [2.05, 4.69) is 21.3 Å². The van der Waals surface area contributed by atoms with Gasteiger partial charge >= 0.3 is 0 Å². The Balaban J connectivity index is 1.64. The van der Waals surface area contributed by atoms with E-state index in [0.717, 1.165) is 34.3 Å². The van der Waals surface area contributed by atoms with Crippen molar-refractivity contribution in [1.82, 2.24) is 0 Å². The maximum atomic E-state index is 11.6. The number of hydrogen-bond donors (Lipinski definition) is 3. The van der Waals surface area contributed by atoms with E-state index in [1.165, 1.54) is 23.9 Å². The molecule has 0 spiro atoms. The van der Waals surface area contributed by atoms with Gasteiger partial charge in [0, 0.05) is 46.9 Å². The first-order valence-electron chi connectivity index (χ1n) is 9.85. The summed E-state index contributed by atoms with van der Waals surface area (Å²) in [4.78, 5) is 15.1. The molecule has 7 nitrogen and oxygen atoms in total. The molecule has 9 heteroatoms. The van der Waals surface area contributed by atoms with Crippen LogP contribution in [0.15, 0.2) is 82.6 Å². The van der Waals surface area contributed by atoms with Gasteiger partial charge in [0.05, 0.1) is 4.92 Å². The molecule has 0 saturated heterocycles. The third-order valence-electron chi connectivity index (χ3n) is 4.49.